The van der Waals surface area contributed by atoms with E-state index < -0.39 is 62.6 Å². The minimum atomic E-state index is -5.12. The molecule has 4 fully saturated rings. The third-order valence-electron chi connectivity index (χ3n) is 10.4. The monoisotopic (exact) mass is 583 g/mol. The molecule has 38 heavy (non-hydrogen) atoms. The van der Waals surface area contributed by atoms with Gasteiger partial charge in [-0.1, -0.05) is 20.8 Å². The summed E-state index contributed by atoms with van der Waals surface area (Å²) in [7, 11) is -9.27. The summed E-state index contributed by atoms with van der Waals surface area (Å²) in [5, 5.41) is 14.1. The molecule has 4 saturated carbocycles. The maximum Gasteiger partial charge on any atom is 0.397 e. The Bertz CT molecular complexity index is 1270. The van der Waals surface area contributed by atoms with Crippen molar-refractivity contribution in [1.29, 1.82) is 0 Å². The summed E-state index contributed by atoms with van der Waals surface area (Å²) in [6.07, 6.45) is -3.89. The first-order chi connectivity index (χ1) is 19.0. The zero-order valence-electron chi connectivity index (χ0n) is 26.3. The Balaban J connectivity index is 1.50. The van der Waals surface area contributed by atoms with Crippen LogP contribution in [-0.2, 0) is 29.5 Å². The molecule has 0 saturated heterocycles. The highest BCUT2D eigenvalue weighted by Crippen LogP contribution is 2.68. The minimum absolute atomic E-state index is 0.0304. The van der Waals surface area contributed by atoms with Gasteiger partial charge in [-0.2, -0.15) is 16.8 Å². The fourth-order valence-corrected chi connectivity index (χ4v) is 9.35. The van der Waals surface area contributed by atoms with Gasteiger partial charge in [-0.3, -0.25) is 13.9 Å². The first-order valence-corrected chi connectivity index (χ1v) is 16.6. The van der Waals surface area contributed by atoms with E-state index in [-0.39, 0.29) is 66.7 Å². The average Bonchev–Trinajstić information content (AvgIpc) is 3.17. The van der Waals surface area contributed by atoms with Gasteiger partial charge in [-0.25, -0.2) is 4.18 Å². The molecule has 0 aliphatic heterocycles. The molecule has 10 nitrogen and oxygen atoms in total. The molecule has 1 amide bonds. The van der Waals surface area contributed by atoms with Gasteiger partial charge in [-0.15, -0.1) is 0 Å². The summed E-state index contributed by atoms with van der Waals surface area (Å²) in [6, 6.07) is 0. The highest BCUT2D eigenvalue weighted by Gasteiger charge is 2.63. The maximum absolute atomic E-state index is 12.3. The highest BCUT2D eigenvalue weighted by atomic mass is 32.3. The van der Waals surface area contributed by atoms with Gasteiger partial charge in [0, 0.05) is 18.4 Å². The molecule has 0 aromatic heterocycles. The largest absolute Gasteiger partial charge is 0.397 e. The molecule has 10 atom stereocenters. The number of carbonyl (C=O) groups excluding carboxylic acids is 1. The molecule has 0 unspecified atom stereocenters. The van der Waals surface area contributed by atoms with Gasteiger partial charge in [0.2, 0.25) is 5.91 Å². The van der Waals surface area contributed by atoms with Crippen LogP contribution in [-0.4, -0.2) is 61.5 Å². The topological polar surface area (TPSA) is 167 Å². The van der Waals surface area contributed by atoms with Gasteiger partial charge in [0.1, 0.15) is 0 Å². The second kappa shape index (κ2) is 10.9. The third kappa shape index (κ3) is 6.25. The average molecular weight is 584 g/mol. The van der Waals surface area contributed by atoms with Crippen LogP contribution in [0, 0.1) is 46.3 Å². The molecule has 0 spiro atoms. The van der Waals surface area contributed by atoms with Crippen LogP contribution in [0.1, 0.15) is 90.4 Å². The lowest BCUT2D eigenvalue weighted by atomic mass is 9.43. The molecule has 4 N–H and O–H groups in total. The predicted molar refractivity (Wildman–Crippen MR) is 141 cm³/mol. The lowest BCUT2D eigenvalue weighted by Gasteiger charge is -2.62. The highest BCUT2D eigenvalue weighted by molar-refractivity contribution is 7.85. The second-order valence-corrected chi connectivity index (χ2v) is 15.1. The fourth-order valence-electron chi connectivity index (χ4n) is 8.62. The van der Waals surface area contributed by atoms with Gasteiger partial charge in [0.15, 0.2) is 0 Å². The van der Waals surface area contributed by atoms with E-state index >= 15 is 0 Å². The number of hydrogen-bond acceptors (Lipinski definition) is 7. The van der Waals surface area contributed by atoms with Crippen LogP contribution in [0.15, 0.2) is 0 Å². The van der Waals surface area contributed by atoms with Crippen molar-refractivity contribution in [2.45, 2.75) is 97.1 Å². The first kappa shape index (κ1) is 25.0. The number of aliphatic hydroxyl groups excluding tert-OH is 1. The quantitative estimate of drug-likeness (QED) is 0.298. The molecule has 0 aromatic carbocycles. The molecule has 0 radical (unpaired) electrons. The van der Waals surface area contributed by atoms with E-state index in [0.29, 0.717) is 12.8 Å². The normalized spacial score (nSPS) is 46.2. The van der Waals surface area contributed by atoms with Crippen molar-refractivity contribution in [3.05, 3.63) is 0 Å². The van der Waals surface area contributed by atoms with Gasteiger partial charge in [0.05, 0.1) is 18.0 Å². The van der Waals surface area contributed by atoms with Crippen molar-refractivity contribution in [1.82, 2.24) is 5.32 Å². The summed E-state index contributed by atoms with van der Waals surface area (Å²) in [5.74, 6) is -1.53. The van der Waals surface area contributed by atoms with Crippen LogP contribution in [0.5, 0.6) is 0 Å². The second-order valence-electron chi connectivity index (χ2n) is 12.5. The molecule has 4 aliphatic rings. The number of fused-ring (bicyclic) bond motifs is 5. The van der Waals surface area contributed by atoms with Crippen LogP contribution in [0.4, 0.5) is 0 Å². The van der Waals surface area contributed by atoms with Crippen molar-refractivity contribution in [2.24, 2.45) is 46.3 Å². The number of hydrogen-bond donors (Lipinski definition) is 4. The van der Waals surface area contributed by atoms with Crippen molar-refractivity contribution in [3.63, 3.8) is 0 Å². The first-order valence-electron chi connectivity index (χ1n) is 15.6. The molecule has 4 aliphatic carbocycles. The molecule has 4 rings (SSSR count). The van der Waals surface area contributed by atoms with E-state index in [9.17, 15) is 31.3 Å². The Labute approximate surface area is 233 Å². The van der Waals surface area contributed by atoms with Crippen LogP contribution in [0.3, 0.4) is 0 Å². The van der Waals surface area contributed by atoms with Crippen LogP contribution in [0.2, 0.25) is 0 Å². The van der Waals surface area contributed by atoms with E-state index in [1.165, 1.54) is 0 Å². The predicted octanol–water partition coefficient (Wildman–Crippen LogP) is 3.22. The summed E-state index contributed by atoms with van der Waals surface area (Å²) < 4.78 is 102. The summed E-state index contributed by atoms with van der Waals surface area (Å²) in [5.41, 5.74) is -1.02. The van der Waals surface area contributed by atoms with Crippen LogP contribution >= 0.6 is 0 Å². The lowest BCUT2D eigenvalue weighted by molar-refractivity contribution is -0.172. The summed E-state index contributed by atoms with van der Waals surface area (Å²) >= 11 is 0. The van der Waals surface area contributed by atoms with E-state index in [0.717, 1.165) is 19.3 Å². The van der Waals surface area contributed by atoms with E-state index in [2.05, 4.69) is 23.3 Å². The SMILES string of the molecule is [2H]C1([2H])C[C@@]2(C)[C@H](C[C@H](O)[C@@H]3[C@@H]2CC[C@]2(C)[C@@H]([C@H](C)CCC(=O)NCCS(=O)(=O)O)CC[C@@H]32)C([2H])([2H])[C@@H]1OS(=O)(=O)O. The molecular formula is C26H45NO9S2. The fraction of sp³-hybridized carbons (Fsp3) is 0.962. The molecule has 12 heteroatoms. The maximum atomic E-state index is 12.3. The van der Waals surface area contributed by atoms with E-state index in [4.69, 9.17) is 10.0 Å². The van der Waals surface area contributed by atoms with Gasteiger partial charge < -0.3 is 10.4 Å². The number of nitrogens with one attached hydrogen (secondary N) is 1. The van der Waals surface area contributed by atoms with Gasteiger partial charge >= 0.3 is 10.4 Å². The number of amides is 1. The Morgan fingerprint density at radius 1 is 1.11 bits per heavy atom. The van der Waals surface area contributed by atoms with Crippen molar-refractivity contribution < 1.29 is 45.5 Å². The molecular weight excluding hydrogens is 534 g/mol. The zero-order valence-corrected chi connectivity index (χ0v) is 23.9. The minimum Gasteiger partial charge on any atom is -0.393 e. The molecule has 220 valence electrons. The van der Waals surface area contributed by atoms with Crippen molar-refractivity contribution >= 4 is 26.4 Å². The molecule has 0 aromatic rings. The molecule has 0 heterocycles. The van der Waals surface area contributed by atoms with Crippen LogP contribution < -0.4 is 5.32 Å². The summed E-state index contributed by atoms with van der Waals surface area (Å²) in [4.78, 5) is 12.3. The molecule has 0 bridgehead atoms. The smallest absolute Gasteiger partial charge is 0.393 e. The third-order valence-corrected chi connectivity index (χ3v) is 11.6. The van der Waals surface area contributed by atoms with Crippen molar-refractivity contribution in [2.75, 3.05) is 12.3 Å². The summed E-state index contributed by atoms with van der Waals surface area (Å²) in [6.45, 7) is 6.03. The Kier molecular flexibility index (Phi) is 7.15. The Morgan fingerprint density at radius 3 is 2.45 bits per heavy atom. The number of rotatable bonds is 9. The lowest BCUT2D eigenvalue weighted by Crippen LogP contribution is -2.58. The van der Waals surface area contributed by atoms with E-state index in [1.807, 2.05) is 6.92 Å². The van der Waals surface area contributed by atoms with E-state index in [1.54, 1.807) is 0 Å². The van der Waals surface area contributed by atoms with Crippen molar-refractivity contribution in [3.8, 4) is 0 Å². The Hall–Kier alpha value is -0.790. The number of carbonyl (C=O) groups is 1. The number of aliphatic hydroxyl groups is 1. The van der Waals surface area contributed by atoms with Gasteiger partial charge in [0.25, 0.3) is 10.1 Å². The standard InChI is InChI=1S/C26H45NO9S2/c1-16(4-7-23(29)27-12-13-37(30,31)32)19-5-6-20-24-21(9-11-26(19,20)3)25(2)10-8-18(36-38(33,34)35)14-17(25)15-22(24)28/h16-22,24,28H,4-15H2,1-3H3,(H,27,29)(H,30,31,32)(H,33,34,35)/t16-,17+,18-,19-,20+,21+,22+,24+,25+,26-/m1/s1/i8D2,14D2. The van der Waals surface area contributed by atoms with Gasteiger partial charge in [-0.05, 0) is 104 Å². The van der Waals surface area contributed by atoms with Crippen LogP contribution in [0.25, 0.3) is 0 Å². The Morgan fingerprint density at radius 2 is 1.79 bits per heavy atom. The zero-order chi connectivity index (χ0) is 31.7.